The van der Waals surface area contributed by atoms with Crippen LogP contribution in [0.2, 0.25) is 0 Å². The average molecular weight is 319 g/mol. The lowest BCUT2D eigenvalue weighted by molar-refractivity contribution is -0.385. The Kier molecular flexibility index (Phi) is 4.47. The molecular weight excluding hydrogens is 298 g/mol. The zero-order chi connectivity index (χ0) is 16.4. The zero-order valence-electron chi connectivity index (χ0n) is 13.0. The summed E-state index contributed by atoms with van der Waals surface area (Å²) in [4.78, 5) is 26.2. The summed E-state index contributed by atoms with van der Waals surface area (Å²) in [5, 5.41) is 20.2. The highest BCUT2D eigenvalue weighted by Gasteiger charge is 2.28. The number of nitro groups is 1. The monoisotopic (exact) mass is 319 g/mol. The van der Waals surface area contributed by atoms with Crippen molar-refractivity contribution in [2.75, 3.05) is 31.1 Å². The minimum atomic E-state index is -1.27. The molecule has 3 rings (SSSR count). The molecule has 2 aliphatic rings. The van der Waals surface area contributed by atoms with Gasteiger partial charge in [0.05, 0.1) is 4.92 Å². The largest absolute Gasteiger partial charge is 0.477 e. The van der Waals surface area contributed by atoms with E-state index in [2.05, 4.69) is 9.80 Å². The number of carboxylic acid groups (broad SMARTS) is 1. The van der Waals surface area contributed by atoms with Crippen molar-refractivity contribution in [3.8, 4) is 0 Å². The average Bonchev–Trinajstić information content (AvgIpc) is 3.09. The molecule has 7 nitrogen and oxygen atoms in total. The Hall–Kier alpha value is -2.15. The molecule has 1 N–H and O–H groups in total. The second-order valence-corrected chi connectivity index (χ2v) is 6.23. The van der Waals surface area contributed by atoms with E-state index in [4.69, 9.17) is 5.11 Å². The van der Waals surface area contributed by atoms with Crippen molar-refractivity contribution in [3.63, 3.8) is 0 Å². The first-order chi connectivity index (χ1) is 11.1. The van der Waals surface area contributed by atoms with E-state index in [0.29, 0.717) is 6.04 Å². The highest BCUT2D eigenvalue weighted by molar-refractivity contribution is 5.93. The molecule has 2 fully saturated rings. The fourth-order valence-corrected chi connectivity index (χ4v) is 3.64. The van der Waals surface area contributed by atoms with E-state index in [1.165, 1.54) is 38.1 Å². The molecule has 0 aromatic heterocycles. The summed E-state index contributed by atoms with van der Waals surface area (Å²) >= 11 is 0. The summed E-state index contributed by atoms with van der Waals surface area (Å²) in [6.07, 6.45) is 4.66. The molecule has 0 aliphatic carbocycles. The summed E-state index contributed by atoms with van der Waals surface area (Å²) in [6, 6.07) is 5.01. The van der Waals surface area contributed by atoms with Crippen molar-refractivity contribution < 1.29 is 14.8 Å². The fourth-order valence-electron chi connectivity index (χ4n) is 3.64. The van der Waals surface area contributed by atoms with Crippen LogP contribution >= 0.6 is 0 Å². The Morgan fingerprint density at radius 3 is 2.39 bits per heavy atom. The fraction of sp³-hybridized carbons (Fsp3) is 0.562. The van der Waals surface area contributed by atoms with E-state index in [1.807, 2.05) is 0 Å². The van der Waals surface area contributed by atoms with Crippen LogP contribution in [0.15, 0.2) is 18.2 Å². The molecule has 2 saturated heterocycles. The van der Waals surface area contributed by atoms with Crippen LogP contribution in [-0.2, 0) is 0 Å². The second kappa shape index (κ2) is 6.54. The van der Waals surface area contributed by atoms with Gasteiger partial charge in [-0.15, -0.1) is 0 Å². The smallest absolute Gasteiger partial charge is 0.342 e. The molecular formula is C16H21N3O4. The molecule has 0 radical (unpaired) electrons. The molecule has 1 aromatic rings. The van der Waals surface area contributed by atoms with Gasteiger partial charge in [-0.3, -0.25) is 10.1 Å². The Labute approximate surface area is 134 Å². The lowest BCUT2D eigenvalue weighted by atomic mass is 10.0. The van der Waals surface area contributed by atoms with Crippen LogP contribution in [0.4, 0.5) is 11.4 Å². The highest BCUT2D eigenvalue weighted by Crippen LogP contribution is 2.29. The molecule has 7 heteroatoms. The number of rotatable bonds is 4. The number of nitrogens with zero attached hydrogens (tertiary/aromatic N) is 3. The first-order valence-electron chi connectivity index (χ1n) is 8.07. The normalized spacial score (nSPS) is 19.9. The molecule has 0 bridgehead atoms. The third-order valence-corrected chi connectivity index (χ3v) is 4.90. The van der Waals surface area contributed by atoms with Gasteiger partial charge in [0.25, 0.3) is 5.69 Å². The lowest BCUT2D eigenvalue weighted by Gasteiger charge is -2.37. The maximum absolute atomic E-state index is 11.1. The van der Waals surface area contributed by atoms with Crippen LogP contribution in [-0.4, -0.2) is 53.1 Å². The van der Waals surface area contributed by atoms with Gasteiger partial charge in [0.2, 0.25) is 0 Å². The van der Waals surface area contributed by atoms with Crippen LogP contribution in [0, 0.1) is 10.1 Å². The van der Waals surface area contributed by atoms with Gasteiger partial charge in [-0.05, 0) is 50.9 Å². The van der Waals surface area contributed by atoms with E-state index in [0.717, 1.165) is 31.6 Å². The number of piperidine rings is 1. The van der Waals surface area contributed by atoms with Crippen molar-refractivity contribution in [1.29, 1.82) is 0 Å². The van der Waals surface area contributed by atoms with Gasteiger partial charge in [0, 0.05) is 30.9 Å². The van der Waals surface area contributed by atoms with Crippen molar-refractivity contribution >= 4 is 17.3 Å². The molecule has 23 heavy (non-hydrogen) atoms. The number of carboxylic acids is 1. The summed E-state index contributed by atoms with van der Waals surface area (Å²) in [5.41, 5.74) is 0.143. The minimum Gasteiger partial charge on any atom is -0.477 e. The van der Waals surface area contributed by atoms with Gasteiger partial charge >= 0.3 is 5.97 Å². The maximum Gasteiger partial charge on any atom is 0.342 e. The predicted molar refractivity (Wildman–Crippen MR) is 86.1 cm³/mol. The van der Waals surface area contributed by atoms with Crippen LogP contribution in [0.25, 0.3) is 0 Å². The quantitative estimate of drug-likeness (QED) is 0.677. The number of anilines is 1. The summed E-state index contributed by atoms with van der Waals surface area (Å²) in [7, 11) is 0. The molecule has 0 spiro atoms. The van der Waals surface area contributed by atoms with Crippen LogP contribution < -0.4 is 4.90 Å². The van der Waals surface area contributed by atoms with Crippen LogP contribution in [0.1, 0.15) is 36.0 Å². The summed E-state index contributed by atoms with van der Waals surface area (Å²) in [5.74, 6) is -1.27. The Morgan fingerprint density at radius 2 is 1.83 bits per heavy atom. The molecule has 0 unspecified atom stereocenters. The van der Waals surface area contributed by atoms with E-state index in [-0.39, 0.29) is 11.3 Å². The predicted octanol–water partition coefficient (Wildman–Crippen LogP) is 2.36. The number of likely N-dealkylation sites (tertiary alicyclic amines) is 1. The second-order valence-electron chi connectivity index (χ2n) is 6.23. The molecule has 2 aliphatic heterocycles. The summed E-state index contributed by atoms with van der Waals surface area (Å²) < 4.78 is 0. The number of hydrogen-bond acceptors (Lipinski definition) is 5. The number of hydrogen-bond donors (Lipinski definition) is 1. The van der Waals surface area contributed by atoms with Crippen LogP contribution in [0.3, 0.4) is 0 Å². The Bertz CT molecular complexity index is 605. The first kappa shape index (κ1) is 15.7. The van der Waals surface area contributed by atoms with Crippen molar-refractivity contribution in [2.45, 2.75) is 31.7 Å². The van der Waals surface area contributed by atoms with Gasteiger partial charge < -0.3 is 14.9 Å². The Balaban J connectivity index is 1.71. The number of nitro benzene ring substituents is 1. The third-order valence-electron chi connectivity index (χ3n) is 4.90. The Morgan fingerprint density at radius 1 is 1.17 bits per heavy atom. The van der Waals surface area contributed by atoms with Gasteiger partial charge in [0.1, 0.15) is 5.56 Å². The van der Waals surface area contributed by atoms with Gasteiger partial charge in [-0.2, -0.15) is 0 Å². The van der Waals surface area contributed by atoms with Gasteiger partial charge in [0.15, 0.2) is 0 Å². The number of benzene rings is 1. The van der Waals surface area contributed by atoms with Crippen molar-refractivity contribution in [3.05, 3.63) is 33.9 Å². The molecule has 0 atom stereocenters. The van der Waals surface area contributed by atoms with Crippen molar-refractivity contribution in [1.82, 2.24) is 4.90 Å². The first-order valence-corrected chi connectivity index (χ1v) is 8.07. The zero-order valence-corrected chi connectivity index (χ0v) is 13.0. The van der Waals surface area contributed by atoms with E-state index in [1.54, 1.807) is 6.07 Å². The van der Waals surface area contributed by atoms with Gasteiger partial charge in [-0.1, -0.05) is 0 Å². The number of aromatic carboxylic acids is 1. The third kappa shape index (κ3) is 3.29. The van der Waals surface area contributed by atoms with Crippen LogP contribution in [0.5, 0.6) is 0 Å². The molecule has 1 aromatic carbocycles. The highest BCUT2D eigenvalue weighted by atomic mass is 16.6. The molecule has 124 valence electrons. The maximum atomic E-state index is 11.1. The minimum absolute atomic E-state index is 0.259. The van der Waals surface area contributed by atoms with Gasteiger partial charge in [-0.25, -0.2) is 4.79 Å². The van der Waals surface area contributed by atoms with E-state index in [9.17, 15) is 14.9 Å². The molecule has 0 saturated carbocycles. The molecule has 2 heterocycles. The topological polar surface area (TPSA) is 86.9 Å². The summed E-state index contributed by atoms with van der Waals surface area (Å²) in [6.45, 7) is 4.07. The van der Waals surface area contributed by atoms with Crippen molar-refractivity contribution in [2.24, 2.45) is 0 Å². The SMILES string of the molecule is O=C(O)c1ccc(N2CCC(N3CCCC3)CC2)cc1[N+](=O)[O-]. The molecule has 0 amide bonds. The van der Waals surface area contributed by atoms with E-state index >= 15 is 0 Å². The standard InChI is InChI=1S/C16H21N3O4/c20-16(21)14-4-3-13(11-15(14)19(22)23)18-9-5-12(6-10-18)17-7-1-2-8-17/h3-4,11-12H,1-2,5-10H2,(H,20,21). The lowest BCUT2D eigenvalue weighted by Crippen LogP contribution is -2.43. The number of carbonyl (C=O) groups is 1. The van der Waals surface area contributed by atoms with E-state index < -0.39 is 10.9 Å².